The monoisotopic (exact) mass is 860 g/mol. The van der Waals surface area contributed by atoms with E-state index >= 15 is 0 Å². The van der Waals surface area contributed by atoms with E-state index in [1.165, 1.54) is 36.4 Å². The predicted octanol–water partition coefficient (Wildman–Crippen LogP) is 6.24. The van der Waals surface area contributed by atoms with Crippen LogP contribution in [0.5, 0.6) is 5.75 Å². The number of benzene rings is 3. The molecule has 0 amide bonds. The van der Waals surface area contributed by atoms with Gasteiger partial charge in [0, 0.05) is 3.57 Å². The minimum absolute atomic E-state index is 0.0452. The number of rotatable bonds is 6. The summed E-state index contributed by atoms with van der Waals surface area (Å²) in [6, 6.07) is 11.9. The van der Waals surface area contributed by atoms with Gasteiger partial charge in [0.05, 0.1) is 18.3 Å². The number of carbonyl (C=O) groups excluding carboxylic acids is 2. The molecule has 0 bridgehead atoms. The molecule has 0 spiro atoms. The minimum atomic E-state index is -5.31. The van der Waals surface area contributed by atoms with E-state index in [2.05, 4.69) is 27.3 Å². The van der Waals surface area contributed by atoms with Crippen molar-refractivity contribution >= 4 is 101 Å². The van der Waals surface area contributed by atoms with Gasteiger partial charge < -0.3 is 9.47 Å². The quantitative estimate of drug-likeness (QED) is 0.136. The maximum atomic E-state index is 13.6. The van der Waals surface area contributed by atoms with E-state index in [-0.39, 0.29) is 21.9 Å². The molecule has 0 aliphatic carbocycles. The molecule has 14 heteroatoms. The number of hydrogen-bond donors (Lipinski definition) is 1. The Hall–Kier alpha value is -1.25. The predicted molar refractivity (Wildman–Crippen MR) is 150 cm³/mol. The number of hydrogen-bond acceptors (Lipinski definition) is 6. The highest BCUT2D eigenvalue weighted by Gasteiger charge is 2.57. The molecule has 3 rings (SSSR count). The topological polar surface area (TPSA) is 107 Å². The Labute approximate surface area is 244 Å². The van der Waals surface area contributed by atoms with Crippen molar-refractivity contribution in [3.63, 3.8) is 0 Å². The van der Waals surface area contributed by atoms with Gasteiger partial charge in [-0.15, -0.1) is 0 Å². The number of fused-ring (bicyclic) bond motifs is 1. The molecule has 0 aromatic heterocycles. The van der Waals surface area contributed by atoms with E-state index in [4.69, 9.17) is 9.29 Å². The summed E-state index contributed by atoms with van der Waals surface area (Å²) in [4.78, 5) is 25.8. The van der Waals surface area contributed by atoms with Gasteiger partial charge in [0.25, 0.3) is 10.1 Å². The summed E-state index contributed by atoms with van der Waals surface area (Å²) in [6.45, 7) is 0.344. The summed E-state index contributed by atoms with van der Waals surface area (Å²) >= 11 is 6.17. The number of halogens is 6. The lowest BCUT2D eigenvalue weighted by molar-refractivity contribution is -0.243. The van der Waals surface area contributed by atoms with E-state index in [1.54, 1.807) is 0 Å². The van der Waals surface area contributed by atoms with Crippen LogP contribution in [0.25, 0.3) is 10.8 Å². The second-order valence-corrected chi connectivity index (χ2v) is 12.7. The van der Waals surface area contributed by atoms with Gasteiger partial charge in [0.15, 0.2) is 5.75 Å². The molecule has 7 nitrogen and oxygen atoms in total. The van der Waals surface area contributed by atoms with Crippen LogP contribution in [0, 0.1) is 10.7 Å². The number of ether oxygens (including phenoxy) is 2. The van der Waals surface area contributed by atoms with Crippen molar-refractivity contribution in [2.24, 2.45) is 0 Å². The Morgan fingerprint density at radius 2 is 1.39 bits per heavy atom. The first-order valence-corrected chi connectivity index (χ1v) is 14.5. The fraction of sp³-hybridized carbons (Fsp3) is 0.182. The lowest BCUT2D eigenvalue weighted by atomic mass is 9.99. The smallest absolute Gasteiger partial charge is 0.429 e. The molecule has 0 saturated heterocycles. The fourth-order valence-corrected chi connectivity index (χ4v) is 7.94. The minimum Gasteiger partial charge on any atom is -0.445 e. The molecule has 1 unspecified atom stereocenters. The number of carbonyl (C=O) groups is 2. The molecule has 192 valence electrons. The maximum absolute atomic E-state index is 13.6. The Morgan fingerprint density at radius 1 is 0.917 bits per heavy atom. The molecular weight excluding hydrogens is 846 g/mol. The van der Waals surface area contributed by atoms with Crippen molar-refractivity contribution in [1.29, 1.82) is 0 Å². The van der Waals surface area contributed by atoms with Crippen LogP contribution in [0.15, 0.2) is 48.5 Å². The van der Waals surface area contributed by atoms with Crippen LogP contribution < -0.4 is 4.74 Å². The molecule has 0 fully saturated rings. The van der Waals surface area contributed by atoms with Gasteiger partial charge in [-0.2, -0.15) is 21.6 Å². The van der Waals surface area contributed by atoms with Crippen LogP contribution in [0.4, 0.5) is 13.2 Å². The first kappa shape index (κ1) is 29.3. The van der Waals surface area contributed by atoms with Gasteiger partial charge in [-0.3, -0.25) is 4.55 Å². The summed E-state index contributed by atoms with van der Waals surface area (Å²) in [5.41, 5.74) is -3.82. The van der Waals surface area contributed by atoms with Crippen molar-refractivity contribution < 1.29 is 45.2 Å². The van der Waals surface area contributed by atoms with Crippen LogP contribution >= 0.6 is 67.8 Å². The number of esters is 2. The molecule has 36 heavy (non-hydrogen) atoms. The summed E-state index contributed by atoms with van der Waals surface area (Å²) < 4.78 is 84.5. The zero-order valence-corrected chi connectivity index (χ0v) is 25.2. The third-order valence-electron chi connectivity index (χ3n) is 4.90. The van der Waals surface area contributed by atoms with Crippen LogP contribution in [0.1, 0.15) is 27.6 Å². The molecule has 0 saturated carbocycles. The van der Waals surface area contributed by atoms with Gasteiger partial charge in [0.1, 0.15) is 5.75 Å². The van der Waals surface area contributed by atoms with Gasteiger partial charge >= 0.3 is 18.1 Å². The molecule has 1 atom stereocenters. The molecule has 1 N–H and O–H groups in total. The van der Waals surface area contributed by atoms with Crippen molar-refractivity contribution in [3.8, 4) is 5.75 Å². The Kier molecular flexibility index (Phi) is 8.84. The normalized spacial score (nSPS) is 13.8. The van der Waals surface area contributed by atoms with E-state index in [1.807, 2.05) is 57.3 Å². The molecule has 3 aromatic rings. The molecule has 3 aromatic carbocycles. The summed E-state index contributed by atoms with van der Waals surface area (Å²) in [5.74, 6) is -3.79. The van der Waals surface area contributed by atoms with Crippen molar-refractivity contribution in [2.75, 3.05) is 5.75 Å². The fourth-order valence-electron chi connectivity index (χ4n) is 3.22. The molecule has 0 aliphatic heterocycles. The standard InChI is InChI=1S/C22H14F3I3O7S/c1-21(22(23,24)25,10-36(31,32)33)35-20(30)15-7-3-4-12-13(15)5-2-6-14(12)19(29)34-18-16(27)8-11(26)9-17(18)28/h2-9H,10H2,1H3,(H,31,32,33). The van der Waals surface area contributed by atoms with Crippen molar-refractivity contribution in [2.45, 2.75) is 18.7 Å². The molecule has 0 heterocycles. The lowest BCUT2D eigenvalue weighted by Gasteiger charge is -2.30. The van der Waals surface area contributed by atoms with Crippen LogP contribution in [0.3, 0.4) is 0 Å². The summed E-state index contributed by atoms with van der Waals surface area (Å²) in [6.07, 6.45) is -5.31. The highest BCUT2D eigenvalue weighted by Crippen LogP contribution is 2.36. The highest BCUT2D eigenvalue weighted by atomic mass is 127. The zero-order chi connectivity index (χ0) is 27.1. The van der Waals surface area contributed by atoms with E-state index < -0.39 is 39.6 Å². The Morgan fingerprint density at radius 3 is 1.83 bits per heavy atom. The Balaban J connectivity index is 2.02. The molecule has 0 aliphatic rings. The van der Waals surface area contributed by atoms with Crippen LogP contribution in [-0.2, 0) is 14.9 Å². The summed E-state index contributed by atoms with van der Waals surface area (Å²) in [5, 5.41) is 0.288. The highest BCUT2D eigenvalue weighted by molar-refractivity contribution is 14.1. The lowest BCUT2D eigenvalue weighted by Crippen LogP contribution is -2.51. The average Bonchev–Trinajstić information content (AvgIpc) is 2.73. The van der Waals surface area contributed by atoms with Gasteiger partial charge in [0.2, 0.25) is 5.60 Å². The van der Waals surface area contributed by atoms with Gasteiger partial charge in [-0.1, -0.05) is 24.3 Å². The third kappa shape index (κ3) is 6.60. The Bertz CT molecular complexity index is 1450. The van der Waals surface area contributed by atoms with E-state index in [9.17, 15) is 31.2 Å². The molecule has 0 radical (unpaired) electrons. The van der Waals surface area contributed by atoms with E-state index in [0.29, 0.717) is 19.8 Å². The van der Waals surface area contributed by atoms with Crippen LogP contribution in [-0.4, -0.2) is 42.4 Å². The SMILES string of the molecule is CC(CS(=O)(=O)O)(OC(=O)c1cccc2c(C(=O)Oc3c(I)cc(I)cc3I)cccc12)C(F)(F)F. The number of alkyl halides is 3. The van der Waals surface area contributed by atoms with Crippen molar-refractivity contribution in [1.82, 2.24) is 0 Å². The average molecular weight is 860 g/mol. The largest absolute Gasteiger partial charge is 0.445 e. The van der Waals surface area contributed by atoms with Gasteiger partial charge in [-0.05, 0) is 110 Å². The summed E-state index contributed by atoms with van der Waals surface area (Å²) in [7, 11) is -5.15. The molecular formula is C22H14F3I3O7S. The second kappa shape index (κ2) is 10.9. The first-order chi connectivity index (χ1) is 16.5. The zero-order valence-electron chi connectivity index (χ0n) is 17.9. The van der Waals surface area contributed by atoms with Crippen molar-refractivity contribution in [3.05, 3.63) is 70.4 Å². The van der Waals surface area contributed by atoms with E-state index in [0.717, 1.165) is 3.57 Å². The maximum Gasteiger partial charge on any atom is 0.429 e. The first-order valence-electron chi connectivity index (χ1n) is 9.66. The van der Waals surface area contributed by atoms with Crippen LogP contribution in [0.2, 0.25) is 0 Å². The third-order valence-corrected chi connectivity index (χ3v) is 8.04. The second-order valence-electron chi connectivity index (χ2n) is 7.64. The van der Waals surface area contributed by atoms with Gasteiger partial charge in [-0.25, -0.2) is 9.59 Å².